The van der Waals surface area contributed by atoms with Crippen LogP contribution in [0.15, 0.2) is 18.2 Å². The van der Waals surface area contributed by atoms with E-state index >= 15 is 0 Å². The molecule has 0 heterocycles. The molecule has 1 aromatic carbocycles. The number of rotatable bonds is 6. The number of ether oxygens (including phenoxy) is 2. The molecule has 1 amide bonds. The number of hydrogen-bond acceptors (Lipinski definition) is 5. The van der Waals surface area contributed by atoms with Crippen LogP contribution in [0.3, 0.4) is 0 Å². The molecule has 0 saturated heterocycles. The van der Waals surface area contributed by atoms with Crippen LogP contribution in [-0.2, 0) is 14.3 Å². The van der Waals surface area contributed by atoms with E-state index in [1.807, 2.05) is 0 Å². The molecular formula is C17H24Cl2N2O4. The lowest BCUT2D eigenvalue weighted by molar-refractivity contribution is -0.143. The molecule has 1 rings (SSSR count). The second kappa shape index (κ2) is 9.27. The summed E-state index contributed by atoms with van der Waals surface area (Å²) in [5.74, 6) is -0.470. The number of methoxy groups -OCH3 is 1. The summed E-state index contributed by atoms with van der Waals surface area (Å²) in [6, 6.07) is 3.89. The molecule has 2 atom stereocenters. The molecule has 0 radical (unpaired) electrons. The molecule has 0 spiro atoms. The van der Waals surface area contributed by atoms with Crippen molar-refractivity contribution in [3.63, 3.8) is 0 Å². The van der Waals surface area contributed by atoms with Crippen molar-refractivity contribution in [2.45, 2.75) is 45.4 Å². The van der Waals surface area contributed by atoms with E-state index in [-0.39, 0.29) is 6.04 Å². The van der Waals surface area contributed by atoms with Gasteiger partial charge in [-0.25, -0.2) is 9.59 Å². The predicted octanol–water partition coefficient (Wildman–Crippen LogP) is 3.71. The van der Waals surface area contributed by atoms with Crippen molar-refractivity contribution in [1.29, 1.82) is 0 Å². The average Bonchev–Trinajstić information content (AvgIpc) is 2.48. The number of hydrogen-bond donors (Lipinski definition) is 2. The Bertz CT molecular complexity index is 617. The fraction of sp³-hybridized carbons (Fsp3) is 0.529. The maximum atomic E-state index is 12.1. The third kappa shape index (κ3) is 7.50. The molecule has 0 aliphatic rings. The smallest absolute Gasteiger partial charge is 0.407 e. The van der Waals surface area contributed by atoms with Crippen molar-refractivity contribution in [3.05, 3.63) is 33.8 Å². The highest BCUT2D eigenvalue weighted by atomic mass is 35.5. The lowest BCUT2D eigenvalue weighted by atomic mass is 10.1. The van der Waals surface area contributed by atoms with Crippen molar-refractivity contribution in [3.8, 4) is 0 Å². The fourth-order valence-electron chi connectivity index (χ4n) is 2.00. The summed E-state index contributed by atoms with van der Waals surface area (Å²) >= 11 is 11.9. The van der Waals surface area contributed by atoms with Gasteiger partial charge in [-0.1, -0.05) is 29.3 Å². The summed E-state index contributed by atoms with van der Waals surface area (Å²) in [7, 11) is 1.30. The van der Waals surface area contributed by atoms with Crippen molar-refractivity contribution in [1.82, 2.24) is 10.6 Å². The van der Waals surface area contributed by atoms with Gasteiger partial charge in [-0.3, -0.25) is 5.32 Å². The standard InChI is InChI=1S/C17H24Cl2N2O4/c1-10(21-16(23)25-17(2,3)4)9-20-14(15(22)24-5)11-6-7-12(18)13(19)8-11/h6-8,10,14,20H,9H2,1-5H3,(H,21,23). The number of nitrogens with one attached hydrogen (secondary N) is 2. The normalized spacial score (nSPS) is 13.7. The van der Waals surface area contributed by atoms with Crippen LogP contribution in [0.4, 0.5) is 4.79 Å². The number of amides is 1. The quantitative estimate of drug-likeness (QED) is 0.723. The molecule has 1 aromatic rings. The largest absolute Gasteiger partial charge is 0.468 e. The zero-order valence-corrected chi connectivity index (χ0v) is 16.5. The summed E-state index contributed by atoms with van der Waals surface area (Å²) in [5, 5.41) is 6.49. The van der Waals surface area contributed by atoms with Crippen LogP contribution in [0.1, 0.15) is 39.3 Å². The van der Waals surface area contributed by atoms with E-state index in [0.717, 1.165) is 0 Å². The summed E-state index contributed by atoms with van der Waals surface area (Å²) in [5.41, 5.74) is 0.0389. The fourth-order valence-corrected chi connectivity index (χ4v) is 2.31. The highest BCUT2D eigenvalue weighted by molar-refractivity contribution is 6.42. The van der Waals surface area contributed by atoms with Crippen molar-refractivity contribution in [2.24, 2.45) is 0 Å². The van der Waals surface area contributed by atoms with Crippen LogP contribution >= 0.6 is 23.2 Å². The van der Waals surface area contributed by atoms with Gasteiger partial charge in [0.05, 0.1) is 17.2 Å². The SMILES string of the molecule is COC(=O)C(NCC(C)NC(=O)OC(C)(C)C)c1ccc(Cl)c(Cl)c1. The third-order valence-corrected chi connectivity index (χ3v) is 3.84. The molecule has 25 heavy (non-hydrogen) atoms. The molecule has 2 N–H and O–H groups in total. The molecule has 8 heteroatoms. The van der Waals surface area contributed by atoms with E-state index in [9.17, 15) is 9.59 Å². The van der Waals surface area contributed by atoms with E-state index in [2.05, 4.69) is 10.6 Å². The lowest BCUT2D eigenvalue weighted by Crippen LogP contribution is -2.44. The first-order chi connectivity index (χ1) is 11.5. The first kappa shape index (κ1) is 21.5. The second-order valence-corrected chi connectivity index (χ2v) is 7.40. The van der Waals surface area contributed by atoms with E-state index in [1.165, 1.54) is 7.11 Å². The van der Waals surface area contributed by atoms with E-state index in [0.29, 0.717) is 22.2 Å². The molecule has 2 unspecified atom stereocenters. The second-order valence-electron chi connectivity index (χ2n) is 6.59. The van der Waals surface area contributed by atoms with Gasteiger partial charge in [0, 0.05) is 12.6 Å². The van der Waals surface area contributed by atoms with Gasteiger partial charge in [-0.05, 0) is 45.4 Å². The van der Waals surface area contributed by atoms with Crippen LogP contribution in [0.25, 0.3) is 0 Å². The zero-order valence-electron chi connectivity index (χ0n) is 15.0. The van der Waals surface area contributed by atoms with Crippen LogP contribution < -0.4 is 10.6 Å². The Hall–Kier alpha value is -1.50. The molecule has 0 aromatic heterocycles. The van der Waals surface area contributed by atoms with Gasteiger partial charge in [0.25, 0.3) is 0 Å². The van der Waals surface area contributed by atoms with Crippen LogP contribution in [0.2, 0.25) is 10.0 Å². The van der Waals surface area contributed by atoms with Gasteiger partial charge >= 0.3 is 12.1 Å². The Labute approximate surface area is 158 Å². The van der Waals surface area contributed by atoms with E-state index in [1.54, 1.807) is 45.9 Å². The van der Waals surface area contributed by atoms with Gasteiger partial charge in [-0.2, -0.15) is 0 Å². The minimum Gasteiger partial charge on any atom is -0.468 e. The van der Waals surface area contributed by atoms with Crippen LogP contribution in [0, 0.1) is 0 Å². The first-order valence-electron chi connectivity index (χ1n) is 7.79. The Morgan fingerprint density at radius 2 is 1.84 bits per heavy atom. The molecular weight excluding hydrogens is 367 g/mol. The Balaban J connectivity index is 2.72. The summed E-state index contributed by atoms with van der Waals surface area (Å²) < 4.78 is 10.0. The molecule has 0 aliphatic heterocycles. The molecule has 0 aliphatic carbocycles. The lowest BCUT2D eigenvalue weighted by Gasteiger charge is -2.23. The number of benzene rings is 1. The molecule has 0 fully saturated rings. The number of esters is 1. The van der Waals surface area contributed by atoms with Crippen LogP contribution in [0.5, 0.6) is 0 Å². The van der Waals surface area contributed by atoms with Gasteiger partial charge in [0.1, 0.15) is 11.6 Å². The number of carbonyl (C=O) groups is 2. The number of carbonyl (C=O) groups excluding carboxylic acids is 2. The predicted molar refractivity (Wildman–Crippen MR) is 98.1 cm³/mol. The molecule has 0 saturated carbocycles. The van der Waals surface area contributed by atoms with Crippen molar-refractivity contribution < 1.29 is 19.1 Å². The Morgan fingerprint density at radius 1 is 1.20 bits per heavy atom. The summed E-state index contributed by atoms with van der Waals surface area (Å²) in [6.07, 6.45) is -0.522. The van der Waals surface area contributed by atoms with Gasteiger partial charge in [0.15, 0.2) is 0 Å². The third-order valence-electron chi connectivity index (χ3n) is 3.11. The van der Waals surface area contributed by atoms with Gasteiger partial charge in [-0.15, -0.1) is 0 Å². The summed E-state index contributed by atoms with van der Waals surface area (Å²) in [6.45, 7) is 7.46. The van der Waals surface area contributed by atoms with Crippen molar-refractivity contribution in [2.75, 3.05) is 13.7 Å². The van der Waals surface area contributed by atoms with E-state index in [4.69, 9.17) is 32.7 Å². The topological polar surface area (TPSA) is 76.7 Å². The number of alkyl carbamates (subject to hydrolysis) is 1. The first-order valence-corrected chi connectivity index (χ1v) is 8.54. The summed E-state index contributed by atoms with van der Waals surface area (Å²) in [4.78, 5) is 23.8. The Kier molecular flexibility index (Phi) is 7.99. The molecule has 140 valence electrons. The maximum Gasteiger partial charge on any atom is 0.407 e. The zero-order chi connectivity index (χ0) is 19.2. The maximum absolute atomic E-state index is 12.1. The van der Waals surface area contributed by atoms with Crippen molar-refractivity contribution >= 4 is 35.3 Å². The highest BCUT2D eigenvalue weighted by Gasteiger charge is 2.23. The minimum atomic E-state index is -0.734. The van der Waals surface area contributed by atoms with E-state index < -0.39 is 23.7 Å². The molecule has 0 bridgehead atoms. The van der Waals surface area contributed by atoms with Gasteiger partial charge in [0.2, 0.25) is 0 Å². The Morgan fingerprint density at radius 3 is 2.36 bits per heavy atom. The highest BCUT2D eigenvalue weighted by Crippen LogP contribution is 2.26. The monoisotopic (exact) mass is 390 g/mol. The van der Waals surface area contributed by atoms with Gasteiger partial charge < -0.3 is 14.8 Å². The molecule has 6 nitrogen and oxygen atoms in total. The minimum absolute atomic E-state index is 0.273. The average molecular weight is 391 g/mol. The van der Waals surface area contributed by atoms with Crippen LogP contribution in [-0.4, -0.2) is 37.4 Å². The number of halogens is 2.